The van der Waals surface area contributed by atoms with Gasteiger partial charge in [-0.25, -0.2) is 0 Å². The van der Waals surface area contributed by atoms with E-state index < -0.39 is 0 Å². The number of benzene rings is 12. The topological polar surface area (TPSA) is 26.2 Å². The van der Waals surface area contributed by atoms with Crippen molar-refractivity contribution in [2.24, 2.45) is 0 Å². The van der Waals surface area contributed by atoms with E-state index in [9.17, 15) is 0 Å². The fourth-order valence-corrected chi connectivity index (χ4v) is 13.0. The van der Waals surface area contributed by atoms with E-state index in [0.29, 0.717) is 0 Å². The molecule has 15 aromatic rings. The Morgan fingerprint density at radius 2 is 0.722 bits per heavy atom. The molecule has 0 N–H and O–H groups in total. The minimum atomic E-state index is -0.258. The zero-order valence-corrected chi connectivity index (χ0v) is 43.7. The second kappa shape index (κ2) is 17.4. The SMILES string of the molecule is CC1(C)c2cc(-c3ccc4oc5ccccc5c4c3)ccc2-c2ccc(N(c3ccc(-c4ccc5c(c4)c4ccccc4n5-c4ccccc4)cc3)c3ccc(-c4ccc5c6ccccc6n(-c6ccccc6)c5c4)cc3)cc21. The normalized spacial score (nSPS) is 12.8. The Morgan fingerprint density at radius 3 is 1.41 bits per heavy atom. The van der Waals surface area contributed by atoms with Gasteiger partial charge in [0.25, 0.3) is 0 Å². The summed E-state index contributed by atoms with van der Waals surface area (Å²) in [6.07, 6.45) is 0. The van der Waals surface area contributed by atoms with Gasteiger partial charge in [-0.3, -0.25) is 0 Å². The average molecular weight is 1010 g/mol. The van der Waals surface area contributed by atoms with E-state index >= 15 is 0 Å². The van der Waals surface area contributed by atoms with Gasteiger partial charge in [-0.1, -0.05) is 172 Å². The highest BCUT2D eigenvalue weighted by Crippen LogP contribution is 2.52. The standard InChI is InChI=1S/C75H51N3O/c1-75(2)67-45-52(51-32-42-74-66(44-51)64-21-11-14-24-73(64)79-74)29-38-59(67)60-40-37-58(47-68(60)75)76(56-33-25-48(26-34-56)50-31-41-71-65(43-50)62-20-10-13-23-70(62)77(71)54-15-5-3-6-16-54)57-35-27-49(28-36-57)53-30-39-63-61-19-9-12-22-69(61)78(72(63)46-53)55-17-7-4-8-18-55/h3-47H,1-2H3. The minimum absolute atomic E-state index is 0.258. The Kier molecular flexibility index (Phi) is 9.95. The smallest absolute Gasteiger partial charge is 0.135 e. The molecule has 4 nitrogen and oxygen atoms in total. The van der Waals surface area contributed by atoms with Crippen LogP contribution in [-0.2, 0) is 5.41 Å². The summed E-state index contributed by atoms with van der Waals surface area (Å²) in [7, 11) is 0. The Bertz CT molecular complexity index is 4900. The minimum Gasteiger partial charge on any atom is -0.456 e. The summed E-state index contributed by atoms with van der Waals surface area (Å²) >= 11 is 0. The summed E-state index contributed by atoms with van der Waals surface area (Å²) < 4.78 is 11.0. The van der Waals surface area contributed by atoms with Gasteiger partial charge in [0.1, 0.15) is 11.2 Å². The van der Waals surface area contributed by atoms with E-state index in [4.69, 9.17) is 4.42 Å². The predicted octanol–water partition coefficient (Wildman–Crippen LogP) is 20.6. The molecule has 372 valence electrons. The molecule has 0 radical (unpaired) electrons. The summed E-state index contributed by atoms with van der Waals surface area (Å²) in [6, 6.07) is 100. The lowest BCUT2D eigenvalue weighted by molar-refractivity contribution is 0.660. The molecule has 3 aromatic heterocycles. The second-order valence-corrected chi connectivity index (χ2v) is 21.7. The van der Waals surface area contributed by atoms with Gasteiger partial charge in [0, 0.05) is 66.2 Å². The number of aromatic nitrogens is 2. The number of hydrogen-bond donors (Lipinski definition) is 0. The Morgan fingerprint density at radius 1 is 0.291 bits per heavy atom. The van der Waals surface area contributed by atoms with Gasteiger partial charge < -0.3 is 18.5 Å². The highest BCUT2D eigenvalue weighted by molar-refractivity contribution is 6.12. The van der Waals surface area contributed by atoms with E-state index in [1.54, 1.807) is 0 Å². The molecule has 0 aliphatic heterocycles. The van der Waals surface area contributed by atoms with Crippen LogP contribution in [0.3, 0.4) is 0 Å². The number of hydrogen-bond acceptors (Lipinski definition) is 2. The molecule has 0 unspecified atom stereocenters. The van der Waals surface area contributed by atoms with Crippen LogP contribution in [-0.4, -0.2) is 9.13 Å². The second-order valence-electron chi connectivity index (χ2n) is 21.7. The quantitative estimate of drug-likeness (QED) is 0.152. The summed E-state index contributed by atoms with van der Waals surface area (Å²) in [5.41, 5.74) is 24.3. The van der Waals surface area contributed by atoms with Crippen molar-refractivity contribution < 1.29 is 4.42 Å². The Labute approximate surface area is 457 Å². The first-order chi connectivity index (χ1) is 38.9. The molecule has 0 saturated heterocycles. The zero-order valence-electron chi connectivity index (χ0n) is 43.7. The number of nitrogens with zero attached hydrogens (tertiary/aromatic N) is 3. The first-order valence-corrected chi connectivity index (χ1v) is 27.3. The molecular weight excluding hydrogens is 959 g/mol. The van der Waals surface area contributed by atoms with Crippen molar-refractivity contribution in [3.05, 3.63) is 284 Å². The molecule has 4 heteroatoms. The number of para-hydroxylation sites is 5. The number of furan rings is 1. The third-order valence-corrected chi connectivity index (χ3v) is 16.9. The summed E-state index contributed by atoms with van der Waals surface area (Å²) in [5.74, 6) is 0. The van der Waals surface area contributed by atoms with Gasteiger partial charge in [0.2, 0.25) is 0 Å². The largest absolute Gasteiger partial charge is 0.456 e. The number of anilines is 3. The molecule has 1 aliphatic rings. The fourth-order valence-electron chi connectivity index (χ4n) is 13.0. The van der Waals surface area contributed by atoms with Crippen LogP contribution < -0.4 is 4.90 Å². The first-order valence-electron chi connectivity index (χ1n) is 27.3. The number of fused-ring (bicyclic) bond motifs is 12. The molecular formula is C75H51N3O. The maximum atomic E-state index is 6.22. The third-order valence-electron chi connectivity index (χ3n) is 16.9. The van der Waals surface area contributed by atoms with Crippen LogP contribution in [0.4, 0.5) is 17.1 Å². The van der Waals surface area contributed by atoms with Gasteiger partial charge in [0.15, 0.2) is 0 Å². The molecule has 0 bridgehead atoms. The van der Waals surface area contributed by atoms with Crippen molar-refractivity contribution in [2.45, 2.75) is 19.3 Å². The monoisotopic (exact) mass is 1010 g/mol. The lowest BCUT2D eigenvalue weighted by Crippen LogP contribution is -2.16. The van der Waals surface area contributed by atoms with Gasteiger partial charge >= 0.3 is 0 Å². The molecule has 3 heterocycles. The molecule has 0 saturated carbocycles. The highest BCUT2D eigenvalue weighted by atomic mass is 16.3. The van der Waals surface area contributed by atoms with Gasteiger partial charge in [-0.2, -0.15) is 0 Å². The van der Waals surface area contributed by atoms with E-state index in [1.807, 2.05) is 12.1 Å². The van der Waals surface area contributed by atoms with Crippen LogP contribution in [0.15, 0.2) is 277 Å². The summed E-state index contributed by atoms with van der Waals surface area (Å²) in [5, 5.41) is 7.27. The zero-order chi connectivity index (χ0) is 52.3. The molecule has 79 heavy (non-hydrogen) atoms. The van der Waals surface area contributed by atoms with E-state index in [0.717, 1.165) is 55.9 Å². The summed E-state index contributed by atoms with van der Waals surface area (Å²) in [4.78, 5) is 2.43. The van der Waals surface area contributed by atoms with E-state index in [1.165, 1.54) is 93.7 Å². The van der Waals surface area contributed by atoms with E-state index in [-0.39, 0.29) is 5.41 Å². The predicted molar refractivity (Wildman–Crippen MR) is 331 cm³/mol. The van der Waals surface area contributed by atoms with Crippen molar-refractivity contribution in [3.8, 4) is 55.9 Å². The molecule has 12 aromatic carbocycles. The Balaban J connectivity index is 0.793. The molecule has 0 amide bonds. The lowest BCUT2D eigenvalue weighted by atomic mass is 9.81. The van der Waals surface area contributed by atoms with Crippen molar-refractivity contribution in [1.82, 2.24) is 9.13 Å². The van der Waals surface area contributed by atoms with Gasteiger partial charge in [-0.15, -0.1) is 0 Å². The van der Waals surface area contributed by atoms with Crippen LogP contribution in [0.1, 0.15) is 25.0 Å². The number of rotatable bonds is 8. The maximum absolute atomic E-state index is 6.22. The van der Waals surface area contributed by atoms with Crippen LogP contribution in [0, 0.1) is 0 Å². The van der Waals surface area contributed by atoms with Crippen molar-refractivity contribution >= 4 is 82.6 Å². The van der Waals surface area contributed by atoms with Crippen molar-refractivity contribution in [2.75, 3.05) is 4.90 Å². The van der Waals surface area contributed by atoms with Crippen LogP contribution >= 0.6 is 0 Å². The molecule has 16 rings (SSSR count). The highest BCUT2D eigenvalue weighted by Gasteiger charge is 2.36. The molecule has 1 aliphatic carbocycles. The average Bonchev–Trinajstić information content (AvgIpc) is 4.39. The molecule has 0 atom stereocenters. The van der Waals surface area contributed by atoms with E-state index in [2.05, 4.69) is 289 Å². The summed E-state index contributed by atoms with van der Waals surface area (Å²) in [6.45, 7) is 4.77. The fraction of sp³-hybridized carbons (Fsp3) is 0.0400. The molecule has 0 spiro atoms. The lowest BCUT2D eigenvalue weighted by Gasteiger charge is -2.28. The maximum Gasteiger partial charge on any atom is 0.135 e. The third kappa shape index (κ3) is 7.08. The van der Waals surface area contributed by atoms with Crippen LogP contribution in [0.5, 0.6) is 0 Å². The van der Waals surface area contributed by atoms with Crippen molar-refractivity contribution in [3.63, 3.8) is 0 Å². The Hall–Kier alpha value is -10.2. The van der Waals surface area contributed by atoms with Crippen LogP contribution in [0.2, 0.25) is 0 Å². The van der Waals surface area contributed by atoms with Gasteiger partial charge in [0.05, 0.1) is 22.1 Å². The van der Waals surface area contributed by atoms with Crippen molar-refractivity contribution in [1.29, 1.82) is 0 Å². The first kappa shape index (κ1) is 45.1. The van der Waals surface area contributed by atoms with Gasteiger partial charge in [-0.05, 0) is 171 Å². The van der Waals surface area contributed by atoms with Crippen LogP contribution in [0.25, 0.3) is 121 Å². The molecule has 0 fully saturated rings.